The average molecular weight is 517 g/mol. The minimum atomic E-state index is -0.360. The number of amides is 2. The topological polar surface area (TPSA) is 94.5 Å². The number of guanidine groups is 1. The minimum absolute atomic E-state index is 0.0321. The summed E-state index contributed by atoms with van der Waals surface area (Å²) in [6.07, 6.45) is 7.47. The molecular weight excluding hydrogens is 476 g/mol. The molecule has 1 saturated heterocycles. The van der Waals surface area contributed by atoms with Crippen LogP contribution < -0.4 is 15.4 Å². The van der Waals surface area contributed by atoms with Gasteiger partial charge in [0, 0.05) is 23.1 Å². The first-order chi connectivity index (χ1) is 18.3. The smallest absolute Gasteiger partial charge is 0.251 e. The summed E-state index contributed by atoms with van der Waals surface area (Å²) in [5, 5.41) is 15.4. The van der Waals surface area contributed by atoms with Crippen molar-refractivity contribution in [1.29, 1.82) is 5.41 Å². The van der Waals surface area contributed by atoms with Crippen molar-refractivity contribution in [2.75, 3.05) is 0 Å². The van der Waals surface area contributed by atoms with Crippen LogP contribution in [0.15, 0.2) is 48.5 Å². The number of hydrogen-bond acceptors (Lipinski definition) is 4. The fraction of sp³-hybridized carbons (Fsp3) is 0.516. The molecule has 2 aliphatic heterocycles. The molecule has 3 aliphatic rings. The molecule has 2 aromatic rings. The van der Waals surface area contributed by atoms with Crippen molar-refractivity contribution in [2.24, 2.45) is 0 Å². The number of para-hydroxylation sites is 1. The quantitative estimate of drug-likeness (QED) is 0.400. The average Bonchev–Trinajstić information content (AvgIpc) is 2.91. The van der Waals surface area contributed by atoms with E-state index < -0.39 is 0 Å². The summed E-state index contributed by atoms with van der Waals surface area (Å²) >= 11 is 0. The van der Waals surface area contributed by atoms with E-state index in [-0.39, 0.29) is 41.0 Å². The largest absolute Gasteiger partial charge is 0.487 e. The lowest BCUT2D eigenvalue weighted by atomic mass is 9.73. The fourth-order valence-electron chi connectivity index (χ4n) is 6.33. The molecule has 7 nitrogen and oxygen atoms in total. The number of nitrogens with zero attached hydrogens (tertiary/aromatic N) is 1. The van der Waals surface area contributed by atoms with Crippen molar-refractivity contribution >= 4 is 17.8 Å². The predicted octanol–water partition coefficient (Wildman–Crippen LogP) is 6.02. The molecule has 3 N–H and O–H groups in total. The Morgan fingerprint density at radius 3 is 2.58 bits per heavy atom. The van der Waals surface area contributed by atoms with Crippen molar-refractivity contribution in [3.05, 3.63) is 65.2 Å². The highest BCUT2D eigenvalue weighted by Gasteiger charge is 2.46. The van der Waals surface area contributed by atoms with Gasteiger partial charge in [0.2, 0.25) is 5.91 Å². The van der Waals surface area contributed by atoms with Gasteiger partial charge in [0.25, 0.3) is 5.91 Å². The first-order valence-corrected chi connectivity index (χ1v) is 14.2. The summed E-state index contributed by atoms with van der Waals surface area (Å²) in [4.78, 5) is 28.5. The zero-order chi connectivity index (χ0) is 26.9. The lowest BCUT2D eigenvalue weighted by Gasteiger charge is -2.48. The van der Waals surface area contributed by atoms with Crippen molar-refractivity contribution in [2.45, 2.75) is 102 Å². The van der Waals surface area contributed by atoms with Crippen LogP contribution in [0.2, 0.25) is 0 Å². The van der Waals surface area contributed by atoms with E-state index in [1.165, 1.54) is 0 Å². The Bertz CT molecular complexity index is 1200. The summed E-state index contributed by atoms with van der Waals surface area (Å²) in [6, 6.07) is 15.1. The Kier molecular flexibility index (Phi) is 7.21. The Labute approximate surface area is 225 Å². The molecule has 0 bridgehead atoms. The number of carbonyl (C=O) groups is 2. The second-order valence-corrected chi connectivity index (χ2v) is 11.2. The molecule has 2 amide bonds. The van der Waals surface area contributed by atoms with Crippen LogP contribution in [0.5, 0.6) is 5.75 Å². The van der Waals surface area contributed by atoms with Crippen LogP contribution in [-0.4, -0.2) is 33.8 Å². The van der Waals surface area contributed by atoms with Gasteiger partial charge >= 0.3 is 0 Å². The number of benzene rings is 2. The van der Waals surface area contributed by atoms with Crippen LogP contribution in [-0.2, 0) is 4.79 Å². The molecule has 2 aromatic carbocycles. The first kappa shape index (κ1) is 26.3. The monoisotopic (exact) mass is 516 g/mol. The van der Waals surface area contributed by atoms with E-state index in [9.17, 15) is 9.59 Å². The van der Waals surface area contributed by atoms with Gasteiger partial charge in [-0.3, -0.25) is 19.9 Å². The van der Waals surface area contributed by atoms with Crippen molar-refractivity contribution < 1.29 is 14.3 Å². The lowest BCUT2D eigenvalue weighted by molar-refractivity contribution is -0.132. The third-order valence-electron chi connectivity index (χ3n) is 8.91. The van der Waals surface area contributed by atoms with E-state index in [0.717, 1.165) is 61.8 Å². The van der Waals surface area contributed by atoms with E-state index in [2.05, 4.69) is 31.4 Å². The van der Waals surface area contributed by atoms with Crippen molar-refractivity contribution in [3.63, 3.8) is 0 Å². The molecule has 0 radical (unpaired) electrons. The van der Waals surface area contributed by atoms with Gasteiger partial charge in [-0.2, -0.15) is 0 Å². The van der Waals surface area contributed by atoms with Crippen LogP contribution in [0, 0.1) is 5.41 Å². The van der Waals surface area contributed by atoms with Crippen LogP contribution in [0.25, 0.3) is 0 Å². The number of hydrogen-bond donors (Lipinski definition) is 3. The summed E-state index contributed by atoms with van der Waals surface area (Å²) in [7, 11) is 0. The molecule has 2 atom stereocenters. The summed E-state index contributed by atoms with van der Waals surface area (Å²) in [6.45, 7) is 6.19. The molecule has 1 aliphatic carbocycles. The maximum absolute atomic E-state index is 13.6. The van der Waals surface area contributed by atoms with E-state index >= 15 is 0 Å². The molecular formula is C31H40N4O3. The number of carbonyl (C=O) groups excluding carboxylic acids is 2. The van der Waals surface area contributed by atoms with Gasteiger partial charge in [0.05, 0.1) is 18.5 Å². The molecule has 1 spiro atoms. The lowest BCUT2D eigenvalue weighted by Crippen LogP contribution is -2.62. The zero-order valence-corrected chi connectivity index (χ0v) is 22.8. The Hall–Kier alpha value is -3.35. The Balaban J connectivity index is 1.38. The van der Waals surface area contributed by atoms with Crippen LogP contribution in [0.3, 0.4) is 0 Å². The second-order valence-electron chi connectivity index (χ2n) is 11.2. The molecule has 1 unspecified atom stereocenters. The van der Waals surface area contributed by atoms with Crippen molar-refractivity contribution in [1.82, 2.24) is 15.5 Å². The van der Waals surface area contributed by atoms with Crippen LogP contribution >= 0.6 is 0 Å². The highest BCUT2D eigenvalue weighted by molar-refractivity contribution is 6.00. The predicted molar refractivity (Wildman–Crippen MR) is 148 cm³/mol. The van der Waals surface area contributed by atoms with E-state index in [1.54, 1.807) is 4.90 Å². The van der Waals surface area contributed by atoms with Gasteiger partial charge in [-0.15, -0.1) is 0 Å². The number of fused-ring (bicyclic) bond motifs is 1. The number of nitrogens with one attached hydrogen (secondary N) is 3. The summed E-state index contributed by atoms with van der Waals surface area (Å²) < 4.78 is 6.35. The van der Waals surface area contributed by atoms with E-state index in [1.807, 2.05) is 48.5 Å². The van der Waals surface area contributed by atoms with E-state index in [0.29, 0.717) is 18.4 Å². The number of rotatable bonds is 8. The third kappa shape index (κ3) is 4.79. The first-order valence-electron chi connectivity index (χ1n) is 14.2. The number of ether oxygens (including phenoxy) is 1. The zero-order valence-electron chi connectivity index (χ0n) is 22.8. The SMILES string of the molecule is CCCC(c1cccc(C(=O)N[C@H]2CC3(CCC3)Oc3ccccc32)c1)N1C(=N)NC(CC)(CC)CC1=O. The minimum Gasteiger partial charge on any atom is -0.487 e. The third-order valence-corrected chi connectivity index (χ3v) is 8.91. The van der Waals surface area contributed by atoms with Gasteiger partial charge in [-0.25, -0.2) is 0 Å². The molecule has 2 heterocycles. The molecule has 5 rings (SSSR count). The Morgan fingerprint density at radius 2 is 1.92 bits per heavy atom. The molecule has 202 valence electrons. The summed E-state index contributed by atoms with van der Waals surface area (Å²) in [5.41, 5.74) is 1.93. The van der Waals surface area contributed by atoms with Gasteiger partial charge in [-0.05, 0) is 62.3 Å². The van der Waals surface area contributed by atoms with Gasteiger partial charge in [0.1, 0.15) is 11.4 Å². The second kappa shape index (κ2) is 10.4. The van der Waals surface area contributed by atoms with Gasteiger partial charge in [-0.1, -0.05) is 57.5 Å². The van der Waals surface area contributed by atoms with Crippen LogP contribution in [0.1, 0.15) is 112 Å². The normalized spacial score (nSPS) is 22.1. The Morgan fingerprint density at radius 1 is 1.16 bits per heavy atom. The highest BCUT2D eigenvalue weighted by Crippen LogP contribution is 2.48. The summed E-state index contributed by atoms with van der Waals surface area (Å²) in [5.74, 6) is 0.857. The molecule has 0 aromatic heterocycles. The maximum Gasteiger partial charge on any atom is 0.251 e. The highest BCUT2D eigenvalue weighted by atomic mass is 16.5. The molecule has 1 saturated carbocycles. The molecule has 2 fully saturated rings. The molecule has 38 heavy (non-hydrogen) atoms. The van der Waals surface area contributed by atoms with Gasteiger partial charge in [0.15, 0.2) is 5.96 Å². The van der Waals surface area contributed by atoms with Gasteiger partial charge < -0.3 is 15.4 Å². The molecule has 7 heteroatoms. The maximum atomic E-state index is 13.6. The van der Waals surface area contributed by atoms with Crippen molar-refractivity contribution in [3.8, 4) is 5.75 Å². The van der Waals surface area contributed by atoms with Crippen LogP contribution in [0.4, 0.5) is 0 Å². The fourth-order valence-corrected chi connectivity index (χ4v) is 6.33. The standard InChI is InChI=1S/C31H40N4O3/c1-4-11-25(35-27(36)20-30(5-2,6-3)34-29(35)32)21-12-9-13-22(18-21)28(37)33-24-19-31(16-10-17-31)38-26-15-8-7-14-23(24)26/h7-9,12-15,18,24-25H,4-6,10-11,16-17,19-20H2,1-3H3,(H2,32,34)(H,33,37)/t24-,25?/m0/s1. The van der Waals surface area contributed by atoms with E-state index in [4.69, 9.17) is 10.1 Å².